The number of piperazine rings is 1. The molecule has 0 amide bonds. The van der Waals surface area contributed by atoms with Crippen molar-refractivity contribution in [3.8, 4) is 0 Å². The van der Waals surface area contributed by atoms with Crippen molar-refractivity contribution in [2.45, 2.75) is 108 Å². The highest BCUT2D eigenvalue weighted by Crippen LogP contribution is 2.45. The largest absolute Gasteiger partial charge is 0.369 e. The maximum absolute atomic E-state index is 2.81. The molecule has 2 aromatic carbocycles. The van der Waals surface area contributed by atoms with Crippen LogP contribution in [0.15, 0.2) is 48.5 Å². The number of piperidine rings is 1. The molecule has 5 heteroatoms. The van der Waals surface area contributed by atoms with Crippen LogP contribution in [0.3, 0.4) is 0 Å². The molecule has 0 atom stereocenters. The standard InChI is InChI=1S/C39H59N5/c1-36(2)31-11-9-29(10-12-31)30-17-19-40(20-18-30)34-25-43(26-34)38(5,6)39(7,8)44-27-35(28-44)42-23-21-41(22-24-42)33-15-13-32(14-16-33)37(36,3)4/h9-16,30,34-35H,17-28H2,1-8H3. The first-order valence-corrected chi connectivity index (χ1v) is 17.7. The van der Waals surface area contributed by atoms with Gasteiger partial charge in [-0.2, -0.15) is 0 Å². The lowest BCUT2D eigenvalue weighted by Gasteiger charge is -2.64. The zero-order chi connectivity index (χ0) is 31.1. The first-order valence-electron chi connectivity index (χ1n) is 17.7. The van der Waals surface area contributed by atoms with Crippen molar-refractivity contribution < 1.29 is 0 Å². The van der Waals surface area contributed by atoms with Crippen molar-refractivity contribution in [2.75, 3.05) is 70.3 Å². The van der Waals surface area contributed by atoms with Gasteiger partial charge in [-0.3, -0.25) is 19.6 Å². The lowest BCUT2D eigenvalue weighted by atomic mass is 9.61. The van der Waals surface area contributed by atoms with Crippen LogP contribution in [-0.4, -0.2) is 108 Å². The molecule has 0 unspecified atom stereocenters. The van der Waals surface area contributed by atoms with E-state index in [4.69, 9.17) is 0 Å². The Morgan fingerprint density at radius 3 is 1.36 bits per heavy atom. The summed E-state index contributed by atoms with van der Waals surface area (Å²) in [6.07, 6.45) is 2.57. The molecule has 0 saturated carbocycles. The topological polar surface area (TPSA) is 16.2 Å². The smallest absolute Gasteiger partial charge is 0.0367 e. The van der Waals surface area contributed by atoms with Gasteiger partial charge in [0, 0.05) is 81.2 Å². The fourth-order valence-corrected chi connectivity index (χ4v) is 8.99. The maximum atomic E-state index is 2.81. The third-order valence-electron chi connectivity index (χ3n) is 14.3. The Labute approximate surface area is 268 Å². The number of hydrogen-bond acceptors (Lipinski definition) is 5. The minimum Gasteiger partial charge on any atom is -0.369 e. The monoisotopic (exact) mass is 597 g/mol. The van der Waals surface area contributed by atoms with E-state index < -0.39 is 0 Å². The van der Waals surface area contributed by atoms with E-state index in [9.17, 15) is 0 Å². The van der Waals surface area contributed by atoms with Gasteiger partial charge in [-0.15, -0.1) is 0 Å². The number of hydrogen-bond donors (Lipinski definition) is 0. The molecule has 14 aliphatic rings. The van der Waals surface area contributed by atoms with E-state index in [1.165, 1.54) is 82.0 Å². The molecule has 0 aromatic heterocycles. The van der Waals surface area contributed by atoms with E-state index in [1.807, 2.05) is 0 Å². The first-order chi connectivity index (χ1) is 20.8. The maximum Gasteiger partial charge on any atom is 0.0367 e. The van der Waals surface area contributed by atoms with E-state index in [0.717, 1.165) is 19.1 Å². The second-order valence-corrected chi connectivity index (χ2v) is 17.0. The van der Waals surface area contributed by atoms with E-state index in [1.54, 1.807) is 5.56 Å². The molecular weight excluding hydrogens is 538 g/mol. The van der Waals surface area contributed by atoms with Crippen LogP contribution < -0.4 is 4.90 Å². The average molecular weight is 598 g/mol. The van der Waals surface area contributed by atoms with Crippen LogP contribution in [0.2, 0.25) is 0 Å². The summed E-state index contributed by atoms with van der Waals surface area (Å²) in [7, 11) is 0. The van der Waals surface area contributed by atoms with Crippen molar-refractivity contribution in [1.82, 2.24) is 19.6 Å². The Morgan fingerprint density at radius 2 is 0.909 bits per heavy atom. The van der Waals surface area contributed by atoms with Gasteiger partial charge >= 0.3 is 0 Å². The zero-order valence-corrected chi connectivity index (χ0v) is 29.1. The average Bonchev–Trinajstić information content (AvgIpc) is 2.96. The molecule has 2 aromatic rings. The summed E-state index contributed by atoms with van der Waals surface area (Å²) in [6, 6.07) is 20.8. The van der Waals surface area contributed by atoms with Crippen molar-refractivity contribution in [2.24, 2.45) is 0 Å². The lowest BCUT2D eigenvalue weighted by Crippen LogP contribution is -2.77. The minimum atomic E-state index is 0.0111. The van der Waals surface area contributed by atoms with Crippen LogP contribution in [0.1, 0.15) is 90.8 Å². The third-order valence-corrected chi connectivity index (χ3v) is 14.3. The molecule has 14 heterocycles. The highest BCUT2D eigenvalue weighted by atomic mass is 15.4. The van der Waals surface area contributed by atoms with Gasteiger partial charge in [-0.1, -0.05) is 64.1 Å². The molecule has 44 heavy (non-hydrogen) atoms. The molecule has 4 fully saturated rings. The van der Waals surface area contributed by atoms with Gasteiger partial charge in [0.05, 0.1) is 0 Å². The molecule has 0 radical (unpaired) electrons. The van der Waals surface area contributed by atoms with Gasteiger partial charge in [0.1, 0.15) is 0 Å². The van der Waals surface area contributed by atoms with Crippen molar-refractivity contribution >= 4 is 5.69 Å². The Morgan fingerprint density at radius 1 is 0.500 bits per heavy atom. The SMILES string of the molecule is CC1(C)c2ccc(cc2)C2CCN(CC2)C2CN(C2)C(C)(C)C(C)(C)N2CC(C2)N2CCN(CC2)c2ccc(cc2)C1(C)C. The molecule has 5 nitrogen and oxygen atoms in total. The Kier molecular flexibility index (Phi) is 7.56. The summed E-state index contributed by atoms with van der Waals surface area (Å²) in [5.41, 5.74) is 6.14. The Bertz CT molecular complexity index is 1190. The second-order valence-electron chi connectivity index (χ2n) is 17.0. The van der Waals surface area contributed by atoms with Crippen LogP contribution in [-0.2, 0) is 10.8 Å². The Hall–Kier alpha value is -1.92. The van der Waals surface area contributed by atoms with Crippen LogP contribution in [0.25, 0.3) is 0 Å². The second kappa shape index (κ2) is 10.8. The van der Waals surface area contributed by atoms with Crippen molar-refractivity contribution in [3.63, 3.8) is 0 Å². The van der Waals surface area contributed by atoms with E-state index in [2.05, 4.69) is 128 Å². The number of nitrogens with zero attached hydrogens (tertiary/aromatic N) is 5. The highest BCUT2D eigenvalue weighted by molar-refractivity contribution is 5.50. The quantitative estimate of drug-likeness (QED) is 0.359. The molecule has 0 N–H and O–H groups in total. The lowest BCUT2D eigenvalue weighted by molar-refractivity contribution is -0.131. The molecule has 0 spiro atoms. The predicted octanol–water partition coefficient (Wildman–Crippen LogP) is 6.18. The van der Waals surface area contributed by atoms with Crippen LogP contribution >= 0.6 is 0 Å². The number of benzene rings is 2. The van der Waals surface area contributed by atoms with Gasteiger partial charge in [0.15, 0.2) is 0 Å². The fourth-order valence-electron chi connectivity index (χ4n) is 8.99. The molecule has 14 aliphatic heterocycles. The molecule has 0 aliphatic carbocycles. The third kappa shape index (κ3) is 4.87. The number of rotatable bonds is 0. The summed E-state index contributed by atoms with van der Waals surface area (Å²) in [5.74, 6) is 0.689. The molecule has 240 valence electrons. The van der Waals surface area contributed by atoms with Gasteiger partial charge in [0.2, 0.25) is 0 Å². The van der Waals surface area contributed by atoms with Gasteiger partial charge in [-0.05, 0) is 99.2 Å². The minimum absolute atomic E-state index is 0.0111. The summed E-state index contributed by atoms with van der Waals surface area (Å²) >= 11 is 0. The predicted molar refractivity (Wildman–Crippen MR) is 185 cm³/mol. The van der Waals surface area contributed by atoms with Crippen LogP contribution in [0, 0.1) is 0 Å². The molecule has 12 bridgehead atoms. The van der Waals surface area contributed by atoms with Gasteiger partial charge < -0.3 is 4.90 Å². The van der Waals surface area contributed by atoms with E-state index >= 15 is 0 Å². The van der Waals surface area contributed by atoms with Crippen LogP contribution in [0.4, 0.5) is 5.69 Å². The summed E-state index contributed by atoms with van der Waals surface area (Å²) in [6.45, 7) is 31.7. The van der Waals surface area contributed by atoms with E-state index in [-0.39, 0.29) is 21.9 Å². The van der Waals surface area contributed by atoms with Crippen LogP contribution in [0.5, 0.6) is 0 Å². The van der Waals surface area contributed by atoms with Crippen molar-refractivity contribution in [1.29, 1.82) is 0 Å². The van der Waals surface area contributed by atoms with Crippen molar-refractivity contribution in [3.05, 3.63) is 65.2 Å². The highest BCUT2D eigenvalue weighted by Gasteiger charge is 2.53. The van der Waals surface area contributed by atoms with E-state index in [0.29, 0.717) is 12.0 Å². The zero-order valence-electron chi connectivity index (χ0n) is 29.1. The Balaban J connectivity index is 1.14. The van der Waals surface area contributed by atoms with Gasteiger partial charge in [-0.25, -0.2) is 0 Å². The number of anilines is 1. The summed E-state index contributed by atoms with van der Waals surface area (Å²) in [4.78, 5) is 13.8. The first kappa shape index (κ1) is 30.7. The van der Waals surface area contributed by atoms with Gasteiger partial charge in [0.25, 0.3) is 0 Å². The fraction of sp³-hybridized carbons (Fsp3) is 0.692. The molecule has 16 rings (SSSR count). The summed E-state index contributed by atoms with van der Waals surface area (Å²) < 4.78 is 0. The normalized spacial score (nSPS) is 35.7. The summed E-state index contributed by atoms with van der Waals surface area (Å²) in [5, 5.41) is 0. The molecular formula is C39H59N5. The molecule has 4 saturated heterocycles.